The highest BCUT2D eigenvalue weighted by molar-refractivity contribution is 5.77. The van der Waals surface area contributed by atoms with Gasteiger partial charge in [0.25, 0.3) is 0 Å². The van der Waals surface area contributed by atoms with Crippen LogP contribution in [0, 0.1) is 12.8 Å². The van der Waals surface area contributed by atoms with E-state index in [9.17, 15) is 4.79 Å². The third kappa shape index (κ3) is 3.51. The van der Waals surface area contributed by atoms with Gasteiger partial charge < -0.3 is 14.2 Å². The average Bonchev–Trinajstić information content (AvgIpc) is 3.41. The number of morpholine rings is 1. The molecule has 138 valence electrons. The van der Waals surface area contributed by atoms with Crippen molar-refractivity contribution in [3.8, 4) is 11.3 Å². The molecule has 1 saturated carbocycles. The maximum Gasteiger partial charge on any atom is 0.223 e. The topological polar surface area (TPSA) is 68.5 Å². The Labute approximate surface area is 153 Å². The summed E-state index contributed by atoms with van der Waals surface area (Å²) in [6, 6.07) is 5.93. The largest absolute Gasteiger partial charge is 0.368 e. The van der Waals surface area contributed by atoms with Crippen molar-refractivity contribution >= 4 is 5.91 Å². The second kappa shape index (κ2) is 7.19. The molecule has 1 amide bonds. The highest BCUT2D eigenvalue weighted by Gasteiger charge is 2.31. The summed E-state index contributed by atoms with van der Waals surface area (Å²) in [7, 11) is 0. The van der Waals surface area contributed by atoms with E-state index in [-0.39, 0.29) is 12.0 Å². The van der Waals surface area contributed by atoms with Crippen LogP contribution in [-0.2, 0) is 16.0 Å². The fourth-order valence-corrected chi connectivity index (χ4v) is 3.51. The predicted molar refractivity (Wildman–Crippen MR) is 96.5 cm³/mol. The molecule has 1 aliphatic heterocycles. The molecule has 6 heteroatoms. The van der Waals surface area contributed by atoms with E-state index in [1.807, 2.05) is 36.9 Å². The fraction of sp³-hybridized carbons (Fsp3) is 0.550. The summed E-state index contributed by atoms with van der Waals surface area (Å²) in [5, 5.41) is 4.08. The Balaban J connectivity index is 1.54. The zero-order valence-corrected chi connectivity index (χ0v) is 15.4. The molecular formula is C20H25N3O3. The standard InChI is InChI=1S/C20H25N3O3/c1-3-17-20(13(2)22-26-17)16-6-4-5-15(21-16)18-12-23(9-10-25-18)19(24)11-14-7-8-14/h4-6,14,18H,3,7-12H2,1-2H3/t18-/m0/s1. The lowest BCUT2D eigenvalue weighted by atomic mass is 10.1. The molecule has 0 spiro atoms. The van der Waals surface area contributed by atoms with Crippen molar-refractivity contribution in [2.24, 2.45) is 5.92 Å². The Morgan fingerprint density at radius 3 is 2.96 bits per heavy atom. The van der Waals surface area contributed by atoms with Crippen LogP contribution in [0.1, 0.15) is 49.4 Å². The zero-order chi connectivity index (χ0) is 18.1. The van der Waals surface area contributed by atoms with E-state index < -0.39 is 0 Å². The van der Waals surface area contributed by atoms with Gasteiger partial charge >= 0.3 is 0 Å². The molecule has 1 aliphatic carbocycles. The number of amides is 1. The van der Waals surface area contributed by atoms with E-state index in [1.165, 1.54) is 12.8 Å². The third-order valence-corrected chi connectivity index (χ3v) is 5.19. The number of carbonyl (C=O) groups excluding carboxylic acids is 1. The van der Waals surface area contributed by atoms with Crippen LogP contribution < -0.4 is 0 Å². The van der Waals surface area contributed by atoms with Crippen LogP contribution in [-0.4, -0.2) is 40.6 Å². The van der Waals surface area contributed by atoms with Crippen LogP contribution in [0.15, 0.2) is 22.7 Å². The molecule has 0 N–H and O–H groups in total. The van der Waals surface area contributed by atoms with Crippen molar-refractivity contribution in [3.05, 3.63) is 35.3 Å². The van der Waals surface area contributed by atoms with Gasteiger partial charge in [-0.25, -0.2) is 4.98 Å². The van der Waals surface area contributed by atoms with Gasteiger partial charge in [0.2, 0.25) is 5.91 Å². The van der Waals surface area contributed by atoms with Gasteiger partial charge in [0.05, 0.1) is 35.8 Å². The highest BCUT2D eigenvalue weighted by Crippen LogP contribution is 2.34. The van der Waals surface area contributed by atoms with Crippen molar-refractivity contribution in [3.63, 3.8) is 0 Å². The summed E-state index contributed by atoms with van der Waals surface area (Å²) >= 11 is 0. The first-order valence-electron chi connectivity index (χ1n) is 9.47. The number of aromatic nitrogens is 2. The summed E-state index contributed by atoms with van der Waals surface area (Å²) in [5.74, 6) is 1.70. The summed E-state index contributed by atoms with van der Waals surface area (Å²) in [6.45, 7) is 5.78. The third-order valence-electron chi connectivity index (χ3n) is 5.19. The van der Waals surface area contributed by atoms with Gasteiger partial charge in [0, 0.05) is 19.4 Å². The molecule has 1 saturated heterocycles. The van der Waals surface area contributed by atoms with Crippen LogP contribution in [0.4, 0.5) is 0 Å². The number of hydrogen-bond acceptors (Lipinski definition) is 5. The van der Waals surface area contributed by atoms with Crippen molar-refractivity contribution in [2.45, 2.75) is 45.6 Å². The Morgan fingerprint density at radius 1 is 1.35 bits per heavy atom. The van der Waals surface area contributed by atoms with Crippen LogP contribution in [0.5, 0.6) is 0 Å². The van der Waals surface area contributed by atoms with Crippen molar-refractivity contribution in [2.75, 3.05) is 19.7 Å². The maximum atomic E-state index is 12.4. The predicted octanol–water partition coefficient (Wildman–Crippen LogP) is 3.31. The average molecular weight is 355 g/mol. The molecule has 2 fully saturated rings. The lowest BCUT2D eigenvalue weighted by molar-refractivity contribution is -0.139. The Morgan fingerprint density at radius 2 is 2.19 bits per heavy atom. The molecule has 26 heavy (non-hydrogen) atoms. The minimum Gasteiger partial charge on any atom is -0.368 e. The first-order valence-corrected chi connectivity index (χ1v) is 9.47. The number of rotatable bonds is 5. The molecule has 2 aliphatic rings. The molecule has 1 atom stereocenters. The van der Waals surface area contributed by atoms with E-state index in [2.05, 4.69) is 5.16 Å². The van der Waals surface area contributed by atoms with E-state index in [4.69, 9.17) is 14.2 Å². The number of carbonyl (C=O) groups is 1. The molecule has 6 nitrogen and oxygen atoms in total. The molecule has 2 aromatic rings. The van der Waals surface area contributed by atoms with E-state index in [0.717, 1.165) is 34.8 Å². The second-order valence-electron chi connectivity index (χ2n) is 7.21. The van der Waals surface area contributed by atoms with Gasteiger partial charge in [-0.1, -0.05) is 18.1 Å². The number of hydrogen-bond donors (Lipinski definition) is 0. The van der Waals surface area contributed by atoms with Crippen LogP contribution in [0.2, 0.25) is 0 Å². The Bertz CT molecular complexity index is 797. The van der Waals surface area contributed by atoms with Crippen LogP contribution in [0.25, 0.3) is 11.3 Å². The van der Waals surface area contributed by atoms with Gasteiger partial charge in [-0.2, -0.15) is 0 Å². The number of pyridine rings is 1. The smallest absolute Gasteiger partial charge is 0.223 e. The minimum absolute atomic E-state index is 0.183. The van der Waals surface area contributed by atoms with E-state index >= 15 is 0 Å². The van der Waals surface area contributed by atoms with Crippen LogP contribution in [0.3, 0.4) is 0 Å². The van der Waals surface area contributed by atoms with Gasteiger partial charge in [-0.3, -0.25) is 4.79 Å². The minimum atomic E-state index is -0.183. The fourth-order valence-electron chi connectivity index (χ4n) is 3.51. The monoisotopic (exact) mass is 355 g/mol. The molecule has 0 radical (unpaired) electrons. The molecule has 0 bridgehead atoms. The highest BCUT2D eigenvalue weighted by atomic mass is 16.5. The number of nitrogens with zero attached hydrogens (tertiary/aromatic N) is 3. The molecule has 0 unspecified atom stereocenters. The SMILES string of the molecule is CCc1onc(C)c1-c1cccc([C@@H]2CN(C(=O)CC3CC3)CCO2)n1. The molecule has 3 heterocycles. The summed E-state index contributed by atoms with van der Waals surface area (Å²) < 4.78 is 11.3. The summed E-state index contributed by atoms with van der Waals surface area (Å²) in [4.78, 5) is 19.2. The van der Waals surface area contributed by atoms with E-state index in [0.29, 0.717) is 32.0 Å². The molecule has 0 aromatic carbocycles. The summed E-state index contributed by atoms with van der Waals surface area (Å²) in [6.07, 6.45) is 3.66. The van der Waals surface area contributed by atoms with Crippen molar-refractivity contribution in [1.82, 2.24) is 15.0 Å². The van der Waals surface area contributed by atoms with E-state index in [1.54, 1.807) is 0 Å². The Hall–Kier alpha value is -2.21. The van der Waals surface area contributed by atoms with Crippen LogP contribution >= 0.6 is 0 Å². The van der Waals surface area contributed by atoms with Gasteiger partial charge in [-0.15, -0.1) is 0 Å². The zero-order valence-electron chi connectivity index (χ0n) is 15.4. The quantitative estimate of drug-likeness (QED) is 0.823. The summed E-state index contributed by atoms with van der Waals surface area (Å²) in [5.41, 5.74) is 3.52. The van der Waals surface area contributed by atoms with Crippen molar-refractivity contribution in [1.29, 1.82) is 0 Å². The van der Waals surface area contributed by atoms with Crippen molar-refractivity contribution < 1.29 is 14.1 Å². The number of ether oxygens (including phenoxy) is 1. The molecular weight excluding hydrogens is 330 g/mol. The number of aryl methyl sites for hydroxylation is 2. The normalized spacial score (nSPS) is 20.4. The first kappa shape index (κ1) is 17.2. The lowest BCUT2D eigenvalue weighted by Gasteiger charge is -2.33. The Kier molecular flexibility index (Phi) is 4.76. The first-order chi connectivity index (χ1) is 12.7. The van der Waals surface area contributed by atoms with Gasteiger partial charge in [0.15, 0.2) is 0 Å². The van der Waals surface area contributed by atoms with Gasteiger partial charge in [0.1, 0.15) is 11.9 Å². The maximum absolute atomic E-state index is 12.4. The van der Waals surface area contributed by atoms with Gasteiger partial charge in [-0.05, 0) is 37.8 Å². The second-order valence-corrected chi connectivity index (χ2v) is 7.21. The molecule has 2 aromatic heterocycles. The molecule has 4 rings (SSSR count). The lowest BCUT2D eigenvalue weighted by Crippen LogP contribution is -2.42.